The number of fused-ring (bicyclic) bond motifs is 1. The molecular weight excluding hydrogens is 438 g/mol. The third kappa shape index (κ3) is 3.05. The third-order valence-corrected chi connectivity index (χ3v) is 7.68. The molecule has 1 atom stereocenters. The van der Waals surface area contributed by atoms with Gasteiger partial charge in [0.2, 0.25) is 10.0 Å². The molecule has 144 valence electrons. The fraction of sp³-hybridized carbons (Fsp3) is 0.182. The van der Waals surface area contributed by atoms with Crippen molar-refractivity contribution in [2.45, 2.75) is 31.3 Å². The van der Waals surface area contributed by atoms with Gasteiger partial charge in [-0.25, -0.2) is 8.42 Å². The zero-order valence-corrected chi connectivity index (χ0v) is 18.0. The third-order valence-electron chi connectivity index (χ3n) is 5.20. The lowest BCUT2D eigenvalue weighted by molar-refractivity contribution is 0.383. The van der Waals surface area contributed by atoms with Crippen LogP contribution in [0.5, 0.6) is 5.75 Å². The van der Waals surface area contributed by atoms with Gasteiger partial charge in [-0.15, -0.1) is 0 Å². The van der Waals surface area contributed by atoms with E-state index in [-0.39, 0.29) is 17.2 Å². The molecule has 0 saturated carbocycles. The number of phenols is 1. The lowest BCUT2D eigenvalue weighted by atomic mass is 9.96. The first-order chi connectivity index (χ1) is 13.3. The van der Waals surface area contributed by atoms with Gasteiger partial charge in [0.1, 0.15) is 5.75 Å². The minimum Gasteiger partial charge on any atom is -0.507 e. The Morgan fingerprint density at radius 2 is 1.68 bits per heavy atom. The minimum atomic E-state index is -3.77. The highest BCUT2D eigenvalue weighted by molar-refractivity contribution is 9.10. The topological polar surface area (TPSA) is 57.6 Å². The summed E-state index contributed by atoms with van der Waals surface area (Å²) in [6.45, 7) is 3.86. The van der Waals surface area contributed by atoms with Crippen LogP contribution < -0.4 is 0 Å². The van der Waals surface area contributed by atoms with Crippen molar-refractivity contribution in [2.75, 3.05) is 0 Å². The van der Waals surface area contributed by atoms with E-state index in [1.54, 1.807) is 24.3 Å². The minimum absolute atomic E-state index is 0.122. The number of nitrogens with zero attached hydrogens (tertiary/aromatic N) is 1. The zero-order valence-electron chi connectivity index (χ0n) is 15.6. The number of benzene rings is 3. The molecule has 1 unspecified atom stereocenters. The van der Waals surface area contributed by atoms with Crippen molar-refractivity contribution >= 4 is 26.0 Å². The molecule has 0 spiro atoms. The molecule has 1 aliphatic heterocycles. The monoisotopic (exact) mass is 457 g/mol. The molecule has 28 heavy (non-hydrogen) atoms. The average molecular weight is 458 g/mol. The Kier molecular flexibility index (Phi) is 4.81. The summed E-state index contributed by atoms with van der Waals surface area (Å²) in [5.41, 5.74) is 4.02. The first-order valence-corrected chi connectivity index (χ1v) is 11.2. The second kappa shape index (κ2) is 7.03. The summed E-state index contributed by atoms with van der Waals surface area (Å²) in [5, 5.41) is 10.7. The van der Waals surface area contributed by atoms with E-state index >= 15 is 0 Å². The maximum Gasteiger partial charge on any atom is 0.244 e. The summed E-state index contributed by atoms with van der Waals surface area (Å²) in [5.74, 6) is 0.153. The summed E-state index contributed by atoms with van der Waals surface area (Å²) in [6, 6.07) is 17.7. The maximum absolute atomic E-state index is 13.5. The van der Waals surface area contributed by atoms with E-state index in [0.717, 1.165) is 21.2 Å². The number of halogens is 1. The molecule has 3 aromatic carbocycles. The number of sulfonamides is 1. The van der Waals surface area contributed by atoms with E-state index < -0.39 is 16.1 Å². The predicted octanol–water partition coefficient (Wildman–Crippen LogP) is 5.07. The van der Waals surface area contributed by atoms with Crippen LogP contribution >= 0.6 is 15.9 Å². The Morgan fingerprint density at radius 1 is 1.04 bits per heavy atom. The molecule has 0 aliphatic carbocycles. The molecule has 6 heteroatoms. The summed E-state index contributed by atoms with van der Waals surface area (Å²) in [7, 11) is -3.77. The van der Waals surface area contributed by atoms with Crippen LogP contribution in [0.15, 0.2) is 70.0 Å². The normalized spacial score (nSPS) is 16.9. The quantitative estimate of drug-likeness (QED) is 0.597. The van der Waals surface area contributed by atoms with Crippen LogP contribution in [0.3, 0.4) is 0 Å². The van der Waals surface area contributed by atoms with Crippen LogP contribution in [0.2, 0.25) is 0 Å². The zero-order chi connectivity index (χ0) is 20.1. The van der Waals surface area contributed by atoms with Gasteiger partial charge >= 0.3 is 0 Å². The number of hydrogen-bond donors (Lipinski definition) is 1. The van der Waals surface area contributed by atoms with Gasteiger partial charge in [0.25, 0.3) is 0 Å². The highest BCUT2D eigenvalue weighted by Crippen LogP contribution is 2.48. The van der Waals surface area contributed by atoms with Gasteiger partial charge in [0.15, 0.2) is 0 Å². The molecule has 1 N–H and O–H groups in total. The highest BCUT2D eigenvalue weighted by Gasteiger charge is 2.42. The summed E-state index contributed by atoms with van der Waals surface area (Å²) >= 11 is 3.60. The molecule has 0 amide bonds. The number of rotatable bonds is 3. The van der Waals surface area contributed by atoms with Gasteiger partial charge in [0.05, 0.1) is 10.9 Å². The fourth-order valence-corrected chi connectivity index (χ4v) is 6.08. The van der Waals surface area contributed by atoms with Gasteiger partial charge in [-0.2, -0.15) is 4.31 Å². The molecule has 0 bridgehead atoms. The Balaban J connectivity index is 1.93. The van der Waals surface area contributed by atoms with Crippen molar-refractivity contribution in [2.24, 2.45) is 0 Å². The van der Waals surface area contributed by atoms with Crippen molar-refractivity contribution in [3.05, 3.63) is 93.0 Å². The van der Waals surface area contributed by atoms with Crippen molar-refractivity contribution < 1.29 is 13.5 Å². The van der Waals surface area contributed by atoms with E-state index in [9.17, 15) is 13.5 Å². The lowest BCUT2D eigenvalue weighted by Gasteiger charge is -2.25. The molecule has 1 heterocycles. The van der Waals surface area contributed by atoms with E-state index in [4.69, 9.17) is 0 Å². The first kappa shape index (κ1) is 19.2. The van der Waals surface area contributed by atoms with Crippen molar-refractivity contribution in [3.8, 4) is 5.75 Å². The summed E-state index contributed by atoms with van der Waals surface area (Å²) < 4.78 is 29.3. The Bertz CT molecular complexity index is 1140. The first-order valence-electron chi connectivity index (χ1n) is 8.95. The van der Waals surface area contributed by atoms with Crippen molar-refractivity contribution in [1.29, 1.82) is 0 Å². The van der Waals surface area contributed by atoms with Crippen molar-refractivity contribution in [1.82, 2.24) is 4.31 Å². The van der Waals surface area contributed by atoms with Crippen LogP contribution in [0.25, 0.3) is 0 Å². The number of aromatic hydroxyl groups is 1. The van der Waals surface area contributed by atoms with Crippen LogP contribution in [0.4, 0.5) is 0 Å². The lowest BCUT2D eigenvalue weighted by Crippen LogP contribution is -2.30. The van der Waals surface area contributed by atoms with E-state index in [1.165, 1.54) is 4.31 Å². The van der Waals surface area contributed by atoms with Crippen LogP contribution in [-0.2, 0) is 16.6 Å². The Labute approximate surface area is 173 Å². The molecular formula is C22H20BrNO3S. The second-order valence-corrected chi connectivity index (χ2v) is 9.84. The summed E-state index contributed by atoms with van der Waals surface area (Å²) in [6.07, 6.45) is 0. The van der Waals surface area contributed by atoms with Gasteiger partial charge in [0, 0.05) is 16.6 Å². The van der Waals surface area contributed by atoms with Gasteiger partial charge < -0.3 is 5.11 Å². The van der Waals surface area contributed by atoms with Crippen LogP contribution in [-0.4, -0.2) is 17.8 Å². The van der Waals surface area contributed by atoms with Crippen LogP contribution in [0, 0.1) is 13.8 Å². The van der Waals surface area contributed by atoms with Crippen molar-refractivity contribution in [3.63, 3.8) is 0 Å². The highest BCUT2D eigenvalue weighted by atomic mass is 79.9. The predicted molar refractivity (Wildman–Crippen MR) is 113 cm³/mol. The SMILES string of the molecule is Cc1ccc(S(=O)(=O)N2Cc3c(O)c(C)cc(Br)c3C2c2ccccc2)cc1. The van der Waals surface area contributed by atoms with Crippen LogP contribution in [0.1, 0.15) is 33.9 Å². The second-order valence-electron chi connectivity index (χ2n) is 7.09. The summed E-state index contributed by atoms with van der Waals surface area (Å²) in [4.78, 5) is 0.249. The Hall–Kier alpha value is -2.15. The fourth-order valence-electron chi connectivity index (χ4n) is 3.73. The molecule has 0 fully saturated rings. The molecule has 0 radical (unpaired) electrons. The average Bonchev–Trinajstić information content (AvgIpc) is 3.09. The number of aryl methyl sites for hydroxylation is 2. The Morgan fingerprint density at radius 3 is 2.32 bits per heavy atom. The molecule has 0 saturated heterocycles. The van der Waals surface area contributed by atoms with E-state index in [2.05, 4.69) is 15.9 Å². The largest absolute Gasteiger partial charge is 0.507 e. The molecule has 0 aromatic heterocycles. The molecule has 3 aromatic rings. The molecule has 1 aliphatic rings. The smallest absolute Gasteiger partial charge is 0.244 e. The van der Waals surface area contributed by atoms with Gasteiger partial charge in [-0.3, -0.25) is 0 Å². The standard InChI is InChI=1S/C22H20BrNO3S/c1-14-8-10-17(11-9-14)28(26,27)24-13-18-20(19(23)12-15(2)22(18)25)21(24)16-6-4-3-5-7-16/h3-12,21,25H,13H2,1-2H3. The number of hydrogen-bond acceptors (Lipinski definition) is 3. The van der Waals surface area contributed by atoms with E-state index in [1.807, 2.05) is 50.2 Å². The van der Waals surface area contributed by atoms with E-state index in [0.29, 0.717) is 11.1 Å². The van der Waals surface area contributed by atoms with Gasteiger partial charge in [-0.05, 0) is 48.7 Å². The number of phenolic OH excluding ortho intramolecular Hbond substituents is 1. The molecule has 4 rings (SSSR count). The maximum atomic E-state index is 13.5. The van der Waals surface area contributed by atoms with Gasteiger partial charge in [-0.1, -0.05) is 64.0 Å². The molecule has 4 nitrogen and oxygen atoms in total.